The highest BCUT2D eigenvalue weighted by Crippen LogP contribution is 2.28. The smallest absolute Gasteiger partial charge is 0.0843 e. The van der Waals surface area contributed by atoms with Crippen molar-refractivity contribution < 1.29 is 4.74 Å². The van der Waals surface area contributed by atoms with E-state index in [1.54, 1.807) is 7.11 Å². The van der Waals surface area contributed by atoms with Gasteiger partial charge in [-0.2, -0.15) is 5.10 Å². The number of ether oxygens (including phenoxy) is 1. The second-order valence-electron chi connectivity index (χ2n) is 5.49. The molecule has 1 unspecified atom stereocenters. The normalized spacial score (nSPS) is 13.8. The van der Waals surface area contributed by atoms with Crippen LogP contribution in [0, 0.1) is 0 Å². The molecule has 0 spiro atoms. The maximum Gasteiger partial charge on any atom is 0.0843 e. The van der Waals surface area contributed by atoms with E-state index in [9.17, 15) is 0 Å². The monoisotopic (exact) mass is 290 g/mol. The molecule has 21 heavy (non-hydrogen) atoms. The Morgan fingerprint density at radius 3 is 2.57 bits per heavy atom. The third-order valence-corrected chi connectivity index (χ3v) is 4.67. The Bertz CT molecular complexity index is 581. The van der Waals surface area contributed by atoms with Crippen molar-refractivity contribution in [1.29, 1.82) is 0 Å². The number of nitrogens with zero attached hydrogens (tertiary/aromatic N) is 2. The number of fused-ring (bicyclic) bond motifs is 1. The van der Waals surface area contributed by atoms with Crippen LogP contribution in [0.5, 0.6) is 0 Å². The Kier molecular flexibility index (Phi) is 4.98. The van der Waals surface area contributed by atoms with Crippen molar-refractivity contribution in [2.75, 3.05) is 7.11 Å². The Morgan fingerprint density at radius 2 is 2.00 bits per heavy atom. The lowest BCUT2D eigenvalue weighted by atomic mass is 9.85. The number of aromatic nitrogens is 2. The van der Waals surface area contributed by atoms with Gasteiger partial charge < -0.3 is 4.74 Å². The molecule has 2 aromatic rings. The first-order valence-corrected chi connectivity index (χ1v) is 7.53. The number of methoxy groups -OCH3 is 1. The summed E-state index contributed by atoms with van der Waals surface area (Å²) in [6.45, 7) is 4.27. The number of aryl methyl sites for hydroxylation is 1. The summed E-state index contributed by atoms with van der Waals surface area (Å²) in [4.78, 5) is 0. The lowest BCUT2D eigenvalue weighted by Gasteiger charge is -2.37. The van der Waals surface area contributed by atoms with Crippen LogP contribution < -0.4 is 11.3 Å². The van der Waals surface area contributed by atoms with Crippen molar-refractivity contribution in [2.45, 2.75) is 44.8 Å². The van der Waals surface area contributed by atoms with Crippen LogP contribution in [0.2, 0.25) is 0 Å². The van der Waals surface area contributed by atoms with E-state index in [-0.39, 0.29) is 11.6 Å². The average molecular weight is 290 g/mol. The third kappa shape index (κ3) is 2.81. The van der Waals surface area contributed by atoms with E-state index in [0.717, 1.165) is 30.5 Å². The Balaban J connectivity index is 2.37. The predicted octanol–water partition coefficient (Wildman–Crippen LogP) is 2.15. The lowest BCUT2D eigenvalue weighted by molar-refractivity contribution is -0.0474. The van der Waals surface area contributed by atoms with E-state index in [0.29, 0.717) is 0 Å². The number of rotatable bonds is 7. The van der Waals surface area contributed by atoms with Crippen LogP contribution in [0.1, 0.15) is 32.4 Å². The molecule has 0 aliphatic heterocycles. The zero-order chi connectivity index (χ0) is 15.5. The first kappa shape index (κ1) is 15.9. The number of hydrazine groups is 1. The van der Waals surface area contributed by atoms with Gasteiger partial charge in [0.2, 0.25) is 0 Å². The molecule has 0 aliphatic carbocycles. The summed E-state index contributed by atoms with van der Waals surface area (Å²) < 4.78 is 7.72. The number of hydrogen-bond donors (Lipinski definition) is 2. The zero-order valence-electron chi connectivity index (χ0n) is 13.4. The fourth-order valence-electron chi connectivity index (χ4n) is 3.20. The van der Waals surface area contributed by atoms with Gasteiger partial charge in [-0.05, 0) is 18.9 Å². The predicted molar refractivity (Wildman–Crippen MR) is 85.9 cm³/mol. The van der Waals surface area contributed by atoms with Gasteiger partial charge in [0.15, 0.2) is 0 Å². The molecule has 0 amide bonds. The van der Waals surface area contributed by atoms with Crippen LogP contribution in [0.4, 0.5) is 0 Å². The maximum atomic E-state index is 5.82. The van der Waals surface area contributed by atoms with E-state index in [2.05, 4.69) is 36.5 Å². The van der Waals surface area contributed by atoms with Gasteiger partial charge in [0.1, 0.15) is 0 Å². The summed E-state index contributed by atoms with van der Waals surface area (Å²) in [7, 11) is 3.73. The van der Waals surface area contributed by atoms with Crippen LogP contribution in [0.15, 0.2) is 24.3 Å². The molecule has 1 aromatic heterocycles. The van der Waals surface area contributed by atoms with Crippen molar-refractivity contribution in [3.05, 3.63) is 30.0 Å². The summed E-state index contributed by atoms with van der Waals surface area (Å²) in [5.41, 5.74) is 4.87. The lowest BCUT2D eigenvalue weighted by Crippen LogP contribution is -2.55. The van der Waals surface area contributed by atoms with Gasteiger partial charge in [-0.15, -0.1) is 0 Å². The molecule has 0 fully saturated rings. The first-order chi connectivity index (χ1) is 10.1. The fourth-order valence-corrected chi connectivity index (χ4v) is 3.20. The Labute approximate surface area is 126 Å². The average Bonchev–Trinajstić information content (AvgIpc) is 2.85. The molecule has 0 aliphatic rings. The summed E-state index contributed by atoms with van der Waals surface area (Å²) >= 11 is 0. The van der Waals surface area contributed by atoms with Gasteiger partial charge in [0.05, 0.1) is 22.9 Å². The summed E-state index contributed by atoms with van der Waals surface area (Å²) in [5.74, 6) is 5.82. The van der Waals surface area contributed by atoms with E-state index in [1.165, 1.54) is 5.39 Å². The molecule has 1 aromatic carbocycles. The highest BCUT2D eigenvalue weighted by Gasteiger charge is 2.36. The van der Waals surface area contributed by atoms with Gasteiger partial charge in [0, 0.05) is 26.0 Å². The highest BCUT2D eigenvalue weighted by atomic mass is 16.5. The number of hydrogen-bond acceptors (Lipinski definition) is 4. The molecule has 5 nitrogen and oxygen atoms in total. The molecule has 0 bridgehead atoms. The molecule has 3 N–H and O–H groups in total. The number of benzene rings is 1. The molecule has 0 radical (unpaired) electrons. The quantitative estimate of drug-likeness (QED) is 0.606. The zero-order valence-corrected chi connectivity index (χ0v) is 13.4. The minimum absolute atomic E-state index is 0.0239. The van der Waals surface area contributed by atoms with Crippen molar-refractivity contribution >= 4 is 10.9 Å². The van der Waals surface area contributed by atoms with Crippen LogP contribution in [-0.4, -0.2) is 28.5 Å². The highest BCUT2D eigenvalue weighted by molar-refractivity contribution is 5.81. The number of nitrogens with two attached hydrogens (primary N) is 1. The van der Waals surface area contributed by atoms with Gasteiger partial charge in [-0.25, -0.2) is 0 Å². The van der Waals surface area contributed by atoms with Crippen LogP contribution in [0.25, 0.3) is 10.9 Å². The van der Waals surface area contributed by atoms with Crippen molar-refractivity contribution in [1.82, 2.24) is 15.2 Å². The number of nitrogens with one attached hydrogen (secondary N) is 1. The van der Waals surface area contributed by atoms with E-state index in [1.807, 2.05) is 23.9 Å². The minimum atomic E-state index is -0.270. The summed E-state index contributed by atoms with van der Waals surface area (Å²) in [6.07, 6.45) is 2.55. The molecule has 0 saturated heterocycles. The Hall–Kier alpha value is -1.43. The SMILES string of the molecule is CCC(CC)(OC)C(Cc1nn(C)c2ccccc12)NN. The van der Waals surface area contributed by atoms with Crippen LogP contribution in [0.3, 0.4) is 0 Å². The minimum Gasteiger partial charge on any atom is -0.377 e. The van der Waals surface area contributed by atoms with Gasteiger partial charge in [-0.1, -0.05) is 32.0 Å². The standard InChI is InChI=1S/C16H26N4O/c1-5-16(6-2,21-4)15(18-17)11-13-12-9-7-8-10-14(12)20(3)19-13/h7-10,15,18H,5-6,11,17H2,1-4H3. The molecule has 2 rings (SSSR count). The molecule has 116 valence electrons. The van der Waals surface area contributed by atoms with Crippen LogP contribution >= 0.6 is 0 Å². The second-order valence-corrected chi connectivity index (χ2v) is 5.49. The molecule has 0 saturated carbocycles. The largest absolute Gasteiger partial charge is 0.377 e. The summed E-state index contributed by atoms with van der Waals surface area (Å²) in [6, 6.07) is 8.29. The molecule has 5 heteroatoms. The first-order valence-electron chi connectivity index (χ1n) is 7.53. The van der Waals surface area contributed by atoms with Crippen LogP contribution in [-0.2, 0) is 18.2 Å². The van der Waals surface area contributed by atoms with Crippen molar-refractivity contribution in [3.8, 4) is 0 Å². The van der Waals surface area contributed by atoms with E-state index >= 15 is 0 Å². The van der Waals surface area contributed by atoms with E-state index < -0.39 is 0 Å². The Morgan fingerprint density at radius 1 is 1.33 bits per heavy atom. The van der Waals surface area contributed by atoms with Gasteiger partial charge in [0.25, 0.3) is 0 Å². The van der Waals surface area contributed by atoms with Gasteiger partial charge >= 0.3 is 0 Å². The summed E-state index contributed by atoms with van der Waals surface area (Å²) in [5, 5.41) is 5.84. The van der Waals surface area contributed by atoms with Crippen molar-refractivity contribution in [3.63, 3.8) is 0 Å². The molecule has 1 heterocycles. The second kappa shape index (κ2) is 6.56. The maximum absolute atomic E-state index is 5.82. The fraction of sp³-hybridized carbons (Fsp3) is 0.562. The van der Waals surface area contributed by atoms with Crippen molar-refractivity contribution in [2.24, 2.45) is 12.9 Å². The molecule has 1 atom stereocenters. The molecular formula is C16H26N4O. The van der Waals surface area contributed by atoms with Gasteiger partial charge in [-0.3, -0.25) is 16.0 Å². The third-order valence-electron chi connectivity index (χ3n) is 4.67. The number of para-hydroxylation sites is 1. The topological polar surface area (TPSA) is 65.1 Å². The van der Waals surface area contributed by atoms with E-state index in [4.69, 9.17) is 10.6 Å². The molecular weight excluding hydrogens is 264 g/mol.